The largest absolute Gasteiger partial charge is 0.409 e. The van der Waals surface area contributed by atoms with Crippen LogP contribution in [-0.2, 0) is 9.53 Å². The number of piperidine rings is 1. The fourth-order valence-electron chi connectivity index (χ4n) is 1.67. The van der Waals surface area contributed by atoms with Crippen molar-refractivity contribution < 1.29 is 24.6 Å². The van der Waals surface area contributed by atoms with Crippen LogP contribution < -0.4 is 4.90 Å². The Kier molecular flexibility index (Phi) is 3.86. The van der Waals surface area contributed by atoms with E-state index >= 15 is 0 Å². The molecule has 0 bridgehead atoms. The Labute approximate surface area is 83.3 Å². The first-order valence-corrected chi connectivity index (χ1v) is 4.89. The number of aliphatic hydroxyl groups excluding tert-OH is 1. The first-order valence-electron chi connectivity index (χ1n) is 4.89. The molecule has 82 valence electrons. The van der Waals surface area contributed by atoms with E-state index in [1.54, 1.807) is 0 Å². The maximum absolute atomic E-state index is 10.9. The number of hydrogen-bond donors (Lipinski definition) is 3. The first kappa shape index (κ1) is 11.4. The minimum atomic E-state index is -2.01. The molecule has 1 aliphatic heterocycles. The molecule has 1 aliphatic rings. The van der Waals surface area contributed by atoms with E-state index in [0.717, 1.165) is 24.3 Å². The molecule has 5 nitrogen and oxygen atoms in total. The molecule has 0 aromatic heterocycles. The molecule has 1 fully saturated rings. The van der Waals surface area contributed by atoms with Gasteiger partial charge in [0.15, 0.2) is 0 Å². The average molecular weight is 204 g/mol. The van der Waals surface area contributed by atoms with Gasteiger partial charge in [0.2, 0.25) is 6.23 Å². The molecule has 0 amide bonds. The predicted molar refractivity (Wildman–Crippen MR) is 48.3 cm³/mol. The van der Waals surface area contributed by atoms with Gasteiger partial charge in [0.05, 0.1) is 13.6 Å². The summed E-state index contributed by atoms with van der Waals surface area (Å²) in [5.41, 5.74) is 0. The maximum atomic E-state index is 10.9. The molecule has 0 radical (unpaired) electrons. The van der Waals surface area contributed by atoms with Crippen LogP contribution in [0.15, 0.2) is 0 Å². The molecule has 3 unspecified atom stereocenters. The molecule has 0 aromatic carbocycles. The van der Waals surface area contributed by atoms with Crippen molar-refractivity contribution in [1.29, 1.82) is 0 Å². The molecule has 0 spiro atoms. The number of nitrogens with one attached hydrogen (secondary N) is 1. The van der Waals surface area contributed by atoms with Crippen molar-refractivity contribution in [2.45, 2.75) is 32.3 Å². The lowest BCUT2D eigenvalue weighted by Crippen LogP contribution is -3.14. The van der Waals surface area contributed by atoms with E-state index in [2.05, 4.69) is 6.92 Å². The summed E-state index contributed by atoms with van der Waals surface area (Å²) < 4.78 is 4.96. The molecule has 14 heavy (non-hydrogen) atoms. The Morgan fingerprint density at radius 1 is 1.57 bits per heavy atom. The van der Waals surface area contributed by atoms with Crippen molar-refractivity contribution in [1.82, 2.24) is 0 Å². The van der Waals surface area contributed by atoms with Crippen LogP contribution in [0.1, 0.15) is 19.8 Å². The number of carbonyl (C=O) groups excluding carboxylic acids is 1. The zero-order valence-electron chi connectivity index (χ0n) is 8.56. The number of esters is 1. The van der Waals surface area contributed by atoms with Crippen molar-refractivity contribution >= 4 is 5.97 Å². The molecule has 3 N–H and O–H groups in total. The standard InChI is InChI=1S/C9H17NO4/c1-6-3-4-10(2)7(5-6)14-9(13)8(11)12/h6-8,11-12H,3-5H2,1-2H3/p+1. The SMILES string of the molecule is CC1CC[NH+](C)C(OC(=O)C(O)O)C1. The predicted octanol–water partition coefficient (Wildman–Crippen LogP) is -1.89. The lowest BCUT2D eigenvalue weighted by Gasteiger charge is -2.31. The second-order valence-corrected chi connectivity index (χ2v) is 4.03. The maximum Gasteiger partial charge on any atom is 0.367 e. The van der Waals surface area contributed by atoms with Gasteiger partial charge in [-0.3, -0.25) is 0 Å². The van der Waals surface area contributed by atoms with E-state index in [1.807, 2.05) is 7.05 Å². The number of aliphatic hydroxyl groups is 2. The Morgan fingerprint density at radius 3 is 2.79 bits per heavy atom. The number of carbonyl (C=O) groups is 1. The summed E-state index contributed by atoms with van der Waals surface area (Å²) in [6.07, 6.45) is -0.362. The Balaban J connectivity index is 2.45. The summed E-state index contributed by atoms with van der Waals surface area (Å²) in [5.74, 6) is -0.434. The molecule has 1 heterocycles. The highest BCUT2D eigenvalue weighted by Gasteiger charge is 2.31. The van der Waals surface area contributed by atoms with E-state index in [-0.39, 0.29) is 6.23 Å². The van der Waals surface area contributed by atoms with Crippen LogP contribution in [0.2, 0.25) is 0 Å². The summed E-state index contributed by atoms with van der Waals surface area (Å²) in [5, 5.41) is 17.2. The van der Waals surface area contributed by atoms with Crippen molar-refractivity contribution in [2.24, 2.45) is 5.92 Å². The molecule has 5 heteroatoms. The van der Waals surface area contributed by atoms with E-state index in [9.17, 15) is 4.79 Å². The lowest BCUT2D eigenvalue weighted by atomic mass is 9.98. The van der Waals surface area contributed by atoms with Crippen molar-refractivity contribution in [3.8, 4) is 0 Å². The van der Waals surface area contributed by atoms with Crippen LogP contribution in [0.5, 0.6) is 0 Å². The highest BCUT2D eigenvalue weighted by molar-refractivity contribution is 5.72. The normalized spacial score (nSPS) is 33.1. The molecule has 1 rings (SSSR count). The molecule has 0 saturated carbocycles. The Bertz CT molecular complexity index is 207. The highest BCUT2D eigenvalue weighted by Crippen LogP contribution is 2.12. The van der Waals surface area contributed by atoms with E-state index in [4.69, 9.17) is 14.9 Å². The van der Waals surface area contributed by atoms with Gasteiger partial charge < -0.3 is 19.8 Å². The smallest absolute Gasteiger partial charge is 0.367 e. The minimum Gasteiger partial charge on any atom is -0.409 e. The molecule has 0 aromatic rings. The third-order valence-electron chi connectivity index (χ3n) is 2.67. The summed E-state index contributed by atoms with van der Waals surface area (Å²) in [7, 11) is 1.94. The molecule has 1 saturated heterocycles. The number of hydrogen-bond acceptors (Lipinski definition) is 4. The van der Waals surface area contributed by atoms with Crippen LogP contribution in [0.4, 0.5) is 0 Å². The molecule has 0 aliphatic carbocycles. The van der Waals surface area contributed by atoms with E-state index < -0.39 is 12.3 Å². The first-order chi connectivity index (χ1) is 6.50. The fraction of sp³-hybridized carbons (Fsp3) is 0.889. The molecular weight excluding hydrogens is 186 g/mol. The van der Waals surface area contributed by atoms with E-state index in [0.29, 0.717) is 5.92 Å². The highest BCUT2D eigenvalue weighted by atomic mass is 16.6. The number of likely N-dealkylation sites (tertiary alicyclic amines) is 1. The summed E-state index contributed by atoms with van der Waals surface area (Å²) >= 11 is 0. The molecule has 3 atom stereocenters. The monoisotopic (exact) mass is 204 g/mol. The summed E-state index contributed by atoms with van der Waals surface area (Å²) in [4.78, 5) is 12.0. The van der Waals surface area contributed by atoms with Crippen LogP contribution in [-0.4, -0.2) is 42.3 Å². The third kappa shape index (κ3) is 2.94. The van der Waals surface area contributed by atoms with Gasteiger partial charge >= 0.3 is 5.97 Å². The van der Waals surface area contributed by atoms with Gasteiger partial charge in [0.1, 0.15) is 0 Å². The van der Waals surface area contributed by atoms with Crippen molar-refractivity contribution in [2.75, 3.05) is 13.6 Å². The Hall–Kier alpha value is -0.650. The number of ether oxygens (including phenoxy) is 1. The second kappa shape index (κ2) is 4.72. The zero-order valence-corrected chi connectivity index (χ0v) is 8.56. The van der Waals surface area contributed by atoms with Gasteiger partial charge in [-0.15, -0.1) is 0 Å². The number of rotatable bonds is 2. The Morgan fingerprint density at radius 2 is 2.21 bits per heavy atom. The van der Waals surface area contributed by atoms with Crippen molar-refractivity contribution in [3.05, 3.63) is 0 Å². The van der Waals surface area contributed by atoms with Gasteiger partial charge in [-0.25, -0.2) is 4.79 Å². The fourth-order valence-corrected chi connectivity index (χ4v) is 1.67. The minimum absolute atomic E-state index is 0.243. The van der Waals surface area contributed by atoms with Gasteiger partial charge in [0.25, 0.3) is 6.29 Å². The van der Waals surface area contributed by atoms with Crippen LogP contribution in [0.3, 0.4) is 0 Å². The van der Waals surface area contributed by atoms with Crippen LogP contribution in [0, 0.1) is 5.92 Å². The average Bonchev–Trinajstić information content (AvgIpc) is 2.11. The van der Waals surface area contributed by atoms with Gasteiger partial charge in [-0.2, -0.15) is 0 Å². The second-order valence-electron chi connectivity index (χ2n) is 4.03. The van der Waals surface area contributed by atoms with Crippen LogP contribution in [0.25, 0.3) is 0 Å². The quantitative estimate of drug-likeness (QED) is 0.363. The number of quaternary nitrogens is 1. The summed E-state index contributed by atoms with van der Waals surface area (Å²) in [6, 6.07) is 0. The van der Waals surface area contributed by atoms with Gasteiger partial charge in [-0.1, -0.05) is 6.92 Å². The van der Waals surface area contributed by atoms with E-state index in [1.165, 1.54) is 0 Å². The summed E-state index contributed by atoms with van der Waals surface area (Å²) in [6.45, 7) is 3.04. The van der Waals surface area contributed by atoms with Crippen molar-refractivity contribution in [3.63, 3.8) is 0 Å². The van der Waals surface area contributed by atoms with Gasteiger partial charge in [-0.05, 0) is 12.3 Å². The van der Waals surface area contributed by atoms with Gasteiger partial charge in [0, 0.05) is 6.42 Å². The topological polar surface area (TPSA) is 71.2 Å². The lowest BCUT2D eigenvalue weighted by molar-refractivity contribution is -0.933. The third-order valence-corrected chi connectivity index (χ3v) is 2.67. The zero-order chi connectivity index (χ0) is 10.7. The molecular formula is C9H18NO4+. The van der Waals surface area contributed by atoms with Crippen LogP contribution >= 0.6 is 0 Å².